The number of rotatable bonds is 6. The number of benzene rings is 3. The van der Waals surface area contributed by atoms with Gasteiger partial charge in [0.1, 0.15) is 18.2 Å². The number of nitrogens with zero attached hydrogens (tertiary/aromatic N) is 1. The quantitative estimate of drug-likeness (QED) is 0.328. The van der Waals surface area contributed by atoms with Crippen molar-refractivity contribution in [1.29, 1.82) is 0 Å². The Morgan fingerprint density at radius 2 is 1.33 bits per heavy atom. The summed E-state index contributed by atoms with van der Waals surface area (Å²) in [5.74, 6) is 0.379. The normalized spacial score (nSPS) is 16.0. The Morgan fingerprint density at radius 1 is 0.833 bits per heavy atom. The van der Waals surface area contributed by atoms with Gasteiger partial charge < -0.3 is 9.47 Å². The lowest BCUT2D eigenvalue weighted by atomic mass is 9.95. The first-order chi connectivity index (χ1) is 17.0. The Morgan fingerprint density at radius 3 is 1.86 bits per heavy atom. The predicted molar refractivity (Wildman–Crippen MR) is 151 cm³/mol. The molecule has 1 aliphatic rings. The Kier molecular flexibility index (Phi) is 7.38. The second-order valence-corrected chi connectivity index (χ2v) is 13.0. The van der Waals surface area contributed by atoms with E-state index in [0.29, 0.717) is 12.5 Å². The maximum Gasteiger partial charge on any atom is 0.311 e. The van der Waals surface area contributed by atoms with Gasteiger partial charge in [0.25, 0.3) is 0 Å². The van der Waals surface area contributed by atoms with Gasteiger partial charge in [-0.3, -0.25) is 4.79 Å². The van der Waals surface area contributed by atoms with Gasteiger partial charge in [0, 0.05) is 5.56 Å². The van der Waals surface area contributed by atoms with Crippen molar-refractivity contribution in [2.24, 2.45) is 10.4 Å². The lowest BCUT2D eigenvalue weighted by molar-refractivity contribution is -0.168. The van der Waals surface area contributed by atoms with Crippen molar-refractivity contribution in [3.05, 3.63) is 89.5 Å². The molecule has 0 N–H and O–H groups in total. The molecule has 0 bridgehead atoms. The largest absolute Gasteiger partial charge is 0.475 e. The number of hydrogen-bond donors (Lipinski definition) is 0. The molecule has 0 aromatic heterocycles. The number of aryl methyl sites for hydroxylation is 2. The summed E-state index contributed by atoms with van der Waals surface area (Å²) in [7, 11) is -0.842. The van der Waals surface area contributed by atoms with Gasteiger partial charge in [-0.05, 0) is 89.5 Å². The molecular weight excluding hydrogens is 465 g/mol. The summed E-state index contributed by atoms with van der Waals surface area (Å²) >= 11 is 0. The summed E-state index contributed by atoms with van der Waals surface area (Å²) in [6.45, 7) is 14.1. The van der Waals surface area contributed by atoms with Crippen LogP contribution < -0.4 is 15.9 Å². The third-order valence-electron chi connectivity index (χ3n) is 6.51. The highest BCUT2D eigenvalue weighted by Crippen LogP contribution is 2.37. The van der Waals surface area contributed by atoms with Crippen molar-refractivity contribution in [2.75, 3.05) is 6.61 Å². The molecule has 0 unspecified atom stereocenters. The molecule has 1 aliphatic heterocycles. The molecular formula is C31H36NO3P. The molecule has 0 spiro atoms. The molecule has 4 nitrogen and oxygen atoms in total. The maximum atomic E-state index is 12.6. The Bertz CT molecular complexity index is 1240. The van der Waals surface area contributed by atoms with E-state index in [0.717, 1.165) is 5.56 Å². The van der Waals surface area contributed by atoms with Crippen LogP contribution in [0.1, 0.15) is 51.3 Å². The average Bonchev–Trinajstić information content (AvgIpc) is 3.32. The molecule has 0 aliphatic carbocycles. The van der Waals surface area contributed by atoms with Crippen LogP contribution in [0.2, 0.25) is 0 Å². The predicted octanol–water partition coefficient (Wildman–Crippen LogP) is 5.57. The Balaban J connectivity index is 1.78. The summed E-state index contributed by atoms with van der Waals surface area (Å²) in [6.07, 6.45) is 0. The van der Waals surface area contributed by atoms with E-state index < -0.39 is 18.9 Å². The third-order valence-corrected chi connectivity index (χ3v) is 9.35. The first-order valence-electron chi connectivity index (χ1n) is 12.4. The minimum absolute atomic E-state index is 0.237. The van der Waals surface area contributed by atoms with Gasteiger partial charge in [0.2, 0.25) is 5.90 Å². The standard InChI is InChI=1S/C31H36NO3P/c1-21-14-8-11-17-24(21)36(25-18-12-9-15-22(25)2)26-19-13-10-16-23(26)28-32-27(20-34-28)31(6,7)35-29(33)30(3,4)5/h8-19,27H,20H2,1-7H3/t27-/m1/s1. The minimum Gasteiger partial charge on any atom is -0.475 e. The van der Waals surface area contributed by atoms with Gasteiger partial charge in [-0.2, -0.15) is 0 Å². The molecule has 3 aromatic rings. The van der Waals surface area contributed by atoms with Crippen molar-refractivity contribution in [2.45, 2.75) is 60.1 Å². The van der Waals surface area contributed by atoms with Gasteiger partial charge >= 0.3 is 5.97 Å². The first-order valence-corrected chi connectivity index (χ1v) is 13.8. The Hall–Kier alpha value is -2.97. The van der Waals surface area contributed by atoms with Crippen LogP contribution in [0.3, 0.4) is 0 Å². The fraction of sp³-hybridized carbons (Fsp3) is 0.355. The number of hydrogen-bond acceptors (Lipinski definition) is 4. The van der Waals surface area contributed by atoms with Gasteiger partial charge in [0.05, 0.1) is 5.41 Å². The summed E-state index contributed by atoms with van der Waals surface area (Å²) in [5, 5.41) is 3.85. The molecule has 0 radical (unpaired) electrons. The second kappa shape index (κ2) is 10.2. The van der Waals surface area contributed by atoms with Crippen molar-refractivity contribution < 1.29 is 14.3 Å². The van der Waals surface area contributed by atoms with E-state index in [-0.39, 0.29) is 12.0 Å². The fourth-order valence-corrected chi connectivity index (χ4v) is 6.95. The van der Waals surface area contributed by atoms with Crippen molar-refractivity contribution in [1.82, 2.24) is 0 Å². The third kappa shape index (κ3) is 5.39. The number of ether oxygens (including phenoxy) is 2. The van der Waals surface area contributed by atoms with E-state index in [4.69, 9.17) is 14.5 Å². The van der Waals surface area contributed by atoms with Gasteiger partial charge in [-0.1, -0.05) is 66.7 Å². The molecule has 0 amide bonds. The van der Waals surface area contributed by atoms with Crippen LogP contribution in [-0.2, 0) is 14.3 Å². The molecule has 1 atom stereocenters. The number of esters is 1. The smallest absolute Gasteiger partial charge is 0.311 e. The van der Waals surface area contributed by atoms with Crippen molar-refractivity contribution >= 4 is 35.7 Å². The van der Waals surface area contributed by atoms with Gasteiger partial charge in [-0.25, -0.2) is 4.99 Å². The number of aliphatic imine (C=N–C) groups is 1. The van der Waals surface area contributed by atoms with Crippen LogP contribution in [0.5, 0.6) is 0 Å². The van der Waals surface area contributed by atoms with Crippen LogP contribution in [-0.4, -0.2) is 30.1 Å². The van der Waals surface area contributed by atoms with E-state index in [9.17, 15) is 4.79 Å². The van der Waals surface area contributed by atoms with E-state index >= 15 is 0 Å². The number of carbonyl (C=O) groups is 1. The Labute approximate surface area is 216 Å². The summed E-state index contributed by atoms with van der Waals surface area (Å²) < 4.78 is 12.1. The topological polar surface area (TPSA) is 47.9 Å². The molecule has 0 fully saturated rings. The molecule has 188 valence electrons. The average molecular weight is 502 g/mol. The molecule has 0 saturated carbocycles. The summed E-state index contributed by atoms with van der Waals surface area (Å²) in [4.78, 5) is 17.6. The fourth-order valence-electron chi connectivity index (χ4n) is 4.20. The van der Waals surface area contributed by atoms with Crippen LogP contribution in [0.4, 0.5) is 0 Å². The zero-order valence-corrected chi connectivity index (χ0v) is 23.2. The zero-order valence-electron chi connectivity index (χ0n) is 22.3. The van der Waals surface area contributed by atoms with Crippen molar-refractivity contribution in [3.8, 4) is 0 Å². The zero-order chi connectivity index (χ0) is 26.1. The molecule has 3 aromatic carbocycles. The van der Waals surface area contributed by atoms with Crippen LogP contribution in [0.15, 0.2) is 77.8 Å². The first kappa shape index (κ1) is 26.1. The van der Waals surface area contributed by atoms with Crippen molar-refractivity contribution in [3.63, 3.8) is 0 Å². The molecule has 36 heavy (non-hydrogen) atoms. The number of carbonyl (C=O) groups excluding carboxylic acids is 1. The SMILES string of the molecule is Cc1ccccc1P(c1ccccc1C)c1ccccc1C1=N[C@@H](C(C)(C)OC(=O)C(C)(C)C)CO1. The lowest BCUT2D eigenvalue weighted by Crippen LogP contribution is -2.43. The molecule has 5 heteroatoms. The molecule has 4 rings (SSSR count). The van der Waals surface area contributed by atoms with Crippen LogP contribution in [0, 0.1) is 19.3 Å². The second-order valence-electron chi connectivity index (χ2n) is 10.9. The summed E-state index contributed by atoms with van der Waals surface area (Å²) in [5.41, 5.74) is 2.17. The van der Waals surface area contributed by atoms with E-state index in [1.165, 1.54) is 27.0 Å². The highest BCUT2D eigenvalue weighted by molar-refractivity contribution is 7.80. The van der Waals surface area contributed by atoms with Gasteiger partial charge in [0.15, 0.2) is 0 Å². The van der Waals surface area contributed by atoms with Gasteiger partial charge in [-0.15, -0.1) is 0 Å². The van der Waals surface area contributed by atoms with Crippen LogP contribution >= 0.6 is 7.92 Å². The summed E-state index contributed by atoms with van der Waals surface area (Å²) in [6, 6.07) is 25.4. The highest BCUT2D eigenvalue weighted by Gasteiger charge is 2.40. The van der Waals surface area contributed by atoms with E-state index in [2.05, 4.69) is 80.6 Å². The monoisotopic (exact) mass is 501 g/mol. The molecule has 1 heterocycles. The van der Waals surface area contributed by atoms with E-state index in [1.807, 2.05) is 40.7 Å². The minimum atomic E-state index is -0.842. The highest BCUT2D eigenvalue weighted by atomic mass is 31.1. The van der Waals surface area contributed by atoms with Crippen LogP contribution in [0.25, 0.3) is 0 Å². The maximum absolute atomic E-state index is 12.6. The molecule has 0 saturated heterocycles. The van der Waals surface area contributed by atoms with E-state index in [1.54, 1.807) is 0 Å². The lowest BCUT2D eigenvalue weighted by Gasteiger charge is -2.31.